The molecule has 96 heavy (non-hydrogen) atoms. The van der Waals surface area contributed by atoms with Crippen molar-refractivity contribution < 1.29 is 80.2 Å². The first-order chi connectivity index (χ1) is 46.1. The monoisotopic (exact) mass is 1410 g/mol. The Morgan fingerprint density at radius 1 is 0.292 bits per heavy atom. The van der Waals surface area contributed by atoms with Crippen LogP contribution in [-0.2, 0) is 65.4 Å². The highest BCUT2D eigenvalue weighted by Crippen LogP contribution is 2.45. The van der Waals surface area contributed by atoms with Gasteiger partial charge in [-0.3, -0.25) is 37.3 Å². The third-order valence-electron chi connectivity index (χ3n) is 18.2. The Hall–Kier alpha value is -1.94. The van der Waals surface area contributed by atoms with Crippen LogP contribution >= 0.6 is 15.6 Å². The van der Waals surface area contributed by atoms with E-state index >= 15 is 0 Å². The van der Waals surface area contributed by atoms with E-state index in [2.05, 4.69) is 55.4 Å². The van der Waals surface area contributed by atoms with Crippen LogP contribution in [0.25, 0.3) is 0 Å². The molecule has 0 aliphatic carbocycles. The first kappa shape index (κ1) is 94.1. The minimum atomic E-state index is -4.96. The number of aliphatic hydroxyl groups excluding tert-OH is 1. The molecule has 19 heteroatoms. The quantitative estimate of drug-likeness (QED) is 0.0222. The fraction of sp³-hybridized carbons (Fsp3) is 0.948. The normalized spacial score (nSPS) is 14.4. The average molecular weight is 1410 g/mol. The van der Waals surface area contributed by atoms with Crippen LogP contribution < -0.4 is 0 Å². The van der Waals surface area contributed by atoms with Crippen LogP contribution in [0.3, 0.4) is 0 Å². The molecule has 0 aliphatic rings. The number of phosphoric ester groups is 2. The average Bonchev–Trinajstić information content (AvgIpc) is 1.27. The molecule has 0 fully saturated rings. The minimum absolute atomic E-state index is 0.104. The van der Waals surface area contributed by atoms with Crippen molar-refractivity contribution in [2.45, 2.75) is 408 Å². The van der Waals surface area contributed by atoms with Gasteiger partial charge < -0.3 is 33.8 Å². The molecule has 3 unspecified atom stereocenters. The number of aliphatic hydroxyl groups is 1. The number of phosphoric acid groups is 2. The number of carbonyl (C=O) groups excluding carboxylic acids is 4. The standard InChI is InChI=1S/C77H150O17P2/c1-9-70(8)56-48-40-31-27-28-34-44-52-60-77(82)94-73(64-88-75(80)58-50-42-36-35-39-47-55-69(6)7)66-92-96(85,86)90-62-71(78)61-89-95(83,84)91-65-72(93-76(81)59-51-43-33-26-22-18-14-16-20-24-30-38-46-54-68(4)5)63-87-74(79)57-49-41-32-25-21-17-13-11-10-12-15-19-23-29-37-45-53-67(2)3/h67-73,78H,9-66H2,1-8H3,(H,83,84)(H,85,86)/t70?,71-,72-,73-/m1/s1. The summed E-state index contributed by atoms with van der Waals surface area (Å²) in [4.78, 5) is 72.8. The van der Waals surface area contributed by atoms with E-state index in [1.807, 2.05) is 0 Å². The highest BCUT2D eigenvalue weighted by Gasteiger charge is 2.30. The second kappa shape index (κ2) is 66.3. The SMILES string of the molecule is CCC(C)CCCCCCCCCCC(=O)O[C@H](COC(=O)CCCCCCCCC(C)C)COP(=O)(O)OC[C@H](O)COP(=O)(O)OC[C@@H](COC(=O)CCCCCCCCCCCCCCCCCCC(C)C)OC(=O)CCCCCCCCCCCCCCCC(C)C. The number of hydrogen-bond donors (Lipinski definition) is 3. The van der Waals surface area contributed by atoms with Gasteiger partial charge in [0.15, 0.2) is 12.2 Å². The van der Waals surface area contributed by atoms with Crippen molar-refractivity contribution in [3.05, 3.63) is 0 Å². The molecule has 0 bridgehead atoms. The van der Waals surface area contributed by atoms with Crippen LogP contribution in [0, 0.1) is 23.7 Å². The third-order valence-corrected chi connectivity index (χ3v) is 20.1. The Morgan fingerprint density at radius 2 is 0.500 bits per heavy atom. The smallest absolute Gasteiger partial charge is 0.462 e. The lowest BCUT2D eigenvalue weighted by Crippen LogP contribution is -2.30. The van der Waals surface area contributed by atoms with Crippen LogP contribution in [0.15, 0.2) is 0 Å². The Labute approximate surface area is 588 Å². The van der Waals surface area contributed by atoms with Crippen LogP contribution in [-0.4, -0.2) is 96.7 Å². The number of unbranched alkanes of at least 4 members (excludes halogenated alkanes) is 39. The van der Waals surface area contributed by atoms with E-state index in [-0.39, 0.29) is 25.7 Å². The lowest BCUT2D eigenvalue weighted by molar-refractivity contribution is -0.161. The van der Waals surface area contributed by atoms with Crippen LogP contribution in [0.5, 0.6) is 0 Å². The molecule has 0 amide bonds. The summed E-state index contributed by atoms with van der Waals surface area (Å²) < 4.78 is 68.5. The summed E-state index contributed by atoms with van der Waals surface area (Å²) in [6.45, 7) is 14.2. The molecule has 0 aromatic carbocycles. The first-order valence-electron chi connectivity index (χ1n) is 39.7. The molecule has 0 aromatic heterocycles. The maximum atomic E-state index is 13.1. The predicted molar refractivity (Wildman–Crippen MR) is 391 cm³/mol. The number of carbonyl (C=O) groups is 4. The summed E-state index contributed by atoms with van der Waals surface area (Å²) in [7, 11) is -9.91. The number of ether oxygens (including phenoxy) is 4. The summed E-state index contributed by atoms with van der Waals surface area (Å²) in [5.41, 5.74) is 0. The van der Waals surface area contributed by atoms with Crippen molar-refractivity contribution in [3.63, 3.8) is 0 Å². The van der Waals surface area contributed by atoms with Gasteiger partial charge in [0.05, 0.1) is 26.4 Å². The van der Waals surface area contributed by atoms with E-state index in [1.165, 1.54) is 186 Å². The molecule has 0 heterocycles. The maximum Gasteiger partial charge on any atom is 0.472 e. The van der Waals surface area contributed by atoms with Crippen LogP contribution in [0.4, 0.5) is 0 Å². The van der Waals surface area contributed by atoms with Crippen molar-refractivity contribution >= 4 is 39.5 Å². The fourth-order valence-corrected chi connectivity index (χ4v) is 13.3. The van der Waals surface area contributed by atoms with Gasteiger partial charge >= 0.3 is 39.5 Å². The minimum Gasteiger partial charge on any atom is -0.462 e. The Morgan fingerprint density at radius 3 is 0.740 bits per heavy atom. The van der Waals surface area contributed by atoms with Crippen molar-refractivity contribution in [1.29, 1.82) is 0 Å². The highest BCUT2D eigenvalue weighted by atomic mass is 31.2. The molecule has 0 rings (SSSR count). The van der Waals surface area contributed by atoms with Gasteiger partial charge in [-0.1, -0.05) is 338 Å². The summed E-state index contributed by atoms with van der Waals surface area (Å²) in [5, 5.41) is 10.6. The van der Waals surface area contributed by atoms with Gasteiger partial charge in [-0.2, -0.15) is 0 Å². The van der Waals surface area contributed by atoms with E-state index in [0.29, 0.717) is 31.6 Å². The second-order valence-corrected chi connectivity index (χ2v) is 32.3. The van der Waals surface area contributed by atoms with E-state index in [0.717, 1.165) is 114 Å². The van der Waals surface area contributed by atoms with Gasteiger partial charge in [0, 0.05) is 25.7 Å². The summed E-state index contributed by atoms with van der Waals surface area (Å²) >= 11 is 0. The molecular weight excluding hydrogens is 1260 g/mol. The van der Waals surface area contributed by atoms with Crippen LogP contribution in [0.2, 0.25) is 0 Å². The van der Waals surface area contributed by atoms with Gasteiger partial charge in [0.1, 0.15) is 19.3 Å². The zero-order chi connectivity index (χ0) is 71.0. The topological polar surface area (TPSA) is 237 Å². The first-order valence-corrected chi connectivity index (χ1v) is 42.7. The van der Waals surface area contributed by atoms with Gasteiger partial charge in [0.25, 0.3) is 0 Å². The lowest BCUT2D eigenvalue weighted by Gasteiger charge is -2.21. The Balaban J connectivity index is 5.22. The van der Waals surface area contributed by atoms with Gasteiger partial charge in [0.2, 0.25) is 0 Å². The number of rotatable bonds is 74. The molecule has 0 aromatic rings. The van der Waals surface area contributed by atoms with Gasteiger partial charge in [-0.15, -0.1) is 0 Å². The molecule has 0 spiro atoms. The Kier molecular flexibility index (Phi) is 65.0. The lowest BCUT2D eigenvalue weighted by atomic mass is 9.99. The largest absolute Gasteiger partial charge is 0.472 e. The van der Waals surface area contributed by atoms with Crippen molar-refractivity contribution in [1.82, 2.24) is 0 Å². The van der Waals surface area contributed by atoms with E-state index < -0.39 is 97.5 Å². The van der Waals surface area contributed by atoms with Crippen molar-refractivity contribution in [2.75, 3.05) is 39.6 Å². The maximum absolute atomic E-state index is 13.1. The molecule has 0 radical (unpaired) electrons. The van der Waals surface area contributed by atoms with Gasteiger partial charge in [-0.25, -0.2) is 9.13 Å². The fourth-order valence-electron chi connectivity index (χ4n) is 11.7. The summed E-state index contributed by atoms with van der Waals surface area (Å²) in [5.74, 6) is 0.925. The predicted octanol–water partition coefficient (Wildman–Crippen LogP) is 22.4. The van der Waals surface area contributed by atoms with Gasteiger partial charge in [-0.05, 0) is 49.4 Å². The highest BCUT2D eigenvalue weighted by molar-refractivity contribution is 7.47. The van der Waals surface area contributed by atoms with E-state index in [1.54, 1.807) is 0 Å². The molecular formula is C77H150O17P2. The van der Waals surface area contributed by atoms with Crippen molar-refractivity contribution in [3.8, 4) is 0 Å². The molecule has 0 saturated carbocycles. The van der Waals surface area contributed by atoms with Crippen LogP contribution in [0.1, 0.15) is 389 Å². The second-order valence-electron chi connectivity index (χ2n) is 29.4. The molecule has 570 valence electrons. The van der Waals surface area contributed by atoms with E-state index in [4.69, 9.17) is 37.0 Å². The molecule has 0 saturated heterocycles. The summed E-state index contributed by atoms with van der Waals surface area (Å²) in [6.07, 6.45) is 51.5. The molecule has 17 nitrogen and oxygen atoms in total. The zero-order valence-corrected chi connectivity index (χ0v) is 64.8. The molecule has 6 atom stereocenters. The zero-order valence-electron chi connectivity index (χ0n) is 63.0. The number of esters is 4. The Bertz CT molecular complexity index is 1890. The van der Waals surface area contributed by atoms with E-state index in [9.17, 15) is 43.2 Å². The molecule has 3 N–H and O–H groups in total. The molecule has 0 aliphatic heterocycles. The number of hydrogen-bond acceptors (Lipinski definition) is 15. The summed E-state index contributed by atoms with van der Waals surface area (Å²) in [6, 6.07) is 0. The third kappa shape index (κ3) is 69.2. The van der Waals surface area contributed by atoms with Crippen molar-refractivity contribution in [2.24, 2.45) is 23.7 Å².